The molecule has 0 heterocycles. The third-order valence-electron chi connectivity index (χ3n) is 6.40. The van der Waals surface area contributed by atoms with E-state index in [1.807, 2.05) is 0 Å². The summed E-state index contributed by atoms with van der Waals surface area (Å²) < 4.78 is 6.09. The predicted molar refractivity (Wildman–Crippen MR) is 84.8 cm³/mol. The third kappa shape index (κ3) is 2.78. The molecule has 0 aromatic carbocycles. The highest BCUT2D eigenvalue weighted by atomic mass is 16.6. The smallest absolute Gasteiger partial charge is 0.330 e. The first kappa shape index (κ1) is 15.1. The van der Waals surface area contributed by atoms with Gasteiger partial charge in [0.15, 0.2) is 0 Å². The molecular formula is C19H30O2. The van der Waals surface area contributed by atoms with E-state index in [-0.39, 0.29) is 11.6 Å². The van der Waals surface area contributed by atoms with Crippen LogP contribution < -0.4 is 0 Å². The molecule has 4 rings (SSSR count). The van der Waals surface area contributed by atoms with Gasteiger partial charge in [-0.25, -0.2) is 4.79 Å². The Morgan fingerprint density at radius 3 is 2.24 bits per heavy atom. The summed E-state index contributed by atoms with van der Waals surface area (Å²) in [6.07, 6.45) is 14.1. The fourth-order valence-electron chi connectivity index (χ4n) is 5.66. The molecule has 0 radical (unpaired) electrons. The number of esters is 1. The standard InChI is InChI=1S/C19H30O2/c1-3-5-6-7-8-19(21-18(20)4-2)16-10-14-9-15(12-16)13-17(19)11-14/h4,14-17H,2-3,5-13H2,1H3. The summed E-state index contributed by atoms with van der Waals surface area (Å²) in [5.74, 6) is 2.88. The zero-order valence-corrected chi connectivity index (χ0v) is 13.5. The van der Waals surface area contributed by atoms with Crippen molar-refractivity contribution in [1.29, 1.82) is 0 Å². The van der Waals surface area contributed by atoms with Gasteiger partial charge >= 0.3 is 5.97 Å². The topological polar surface area (TPSA) is 26.3 Å². The van der Waals surface area contributed by atoms with Crippen molar-refractivity contribution in [3.8, 4) is 0 Å². The first-order chi connectivity index (χ1) is 10.2. The Balaban J connectivity index is 1.75. The lowest BCUT2D eigenvalue weighted by molar-refractivity contribution is -0.208. The van der Waals surface area contributed by atoms with Crippen LogP contribution in [0.5, 0.6) is 0 Å². The van der Waals surface area contributed by atoms with Crippen LogP contribution in [0.2, 0.25) is 0 Å². The number of unbranched alkanes of at least 4 members (excludes halogenated alkanes) is 3. The number of ether oxygens (including phenoxy) is 1. The maximum Gasteiger partial charge on any atom is 0.330 e. The van der Waals surface area contributed by atoms with Crippen molar-refractivity contribution in [2.75, 3.05) is 0 Å². The second-order valence-electron chi connectivity index (χ2n) is 7.70. The molecule has 2 nitrogen and oxygen atoms in total. The van der Waals surface area contributed by atoms with Crippen LogP contribution in [-0.2, 0) is 9.53 Å². The first-order valence-electron chi connectivity index (χ1n) is 9.03. The molecule has 21 heavy (non-hydrogen) atoms. The van der Waals surface area contributed by atoms with Crippen molar-refractivity contribution in [1.82, 2.24) is 0 Å². The zero-order valence-electron chi connectivity index (χ0n) is 13.5. The molecule has 2 heteroatoms. The Morgan fingerprint density at radius 1 is 1.10 bits per heavy atom. The van der Waals surface area contributed by atoms with Gasteiger partial charge in [-0.3, -0.25) is 0 Å². The fourth-order valence-corrected chi connectivity index (χ4v) is 5.66. The van der Waals surface area contributed by atoms with Gasteiger partial charge in [-0.15, -0.1) is 0 Å². The summed E-state index contributed by atoms with van der Waals surface area (Å²) in [5, 5.41) is 0. The lowest BCUT2D eigenvalue weighted by atomic mass is 9.49. The van der Waals surface area contributed by atoms with Crippen LogP contribution in [0.4, 0.5) is 0 Å². The van der Waals surface area contributed by atoms with E-state index in [9.17, 15) is 4.79 Å². The lowest BCUT2D eigenvalue weighted by Gasteiger charge is -2.60. The SMILES string of the molecule is C=CC(=O)OC1(CCCCCC)C2CC3CC(C2)CC1C3. The number of rotatable bonds is 7. The predicted octanol–water partition coefficient (Wildman–Crippen LogP) is 4.88. The Morgan fingerprint density at radius 2 is 1.71 bits per heavy atom. The Hall–Kier alpha value is -0.790. The molecule has 4 fully saturated rings. The Labute approximate surface area is 129 Å². The molecule has 4 aliphatic carbocycles. The molecule has 0 N–H and O–H groups in total. The normalized spacial score (nSPS) is 40.2. The van der Waals surface area contributed by atoms with Gasteiger partial charge in [-0.05, 0) is 68.6 Å². The van der Waals surface area contributed by atoms with Crippen LogP contribution in [0.1, 0.15) is 71.1 Å². The molecular weight excluding hydrogens is 260 g/mol. The number of carbonyl (C=O) groups is 1. The minimum Gasteiger partial charge on any atom is -0.455 e. The average Bonchev–Trinajstić information content (AvgIpc) is 2.47. The maximum atomic E-state index is 12.0. The van der Waals surface area contributed by atoms with Crippen molar-refractivity contribution in [3.63, 3.8) is 0 Å². The maximum absolute atomic E-state index is 12.0. The van der Waals surface area contributed by atoms with Crippen LogP contribution in [0.3, 0.4) is 0 Å². The van der Waals surface area contributed by atoms with Gasteiger partial charge in [-0.2, -0.15) is 0 Å². The first-order valence-corrected chi connectivity index (χ1v) is 9.03. The van der Waals surface area contributed by atoms with E-state index < -0.39 is 0 Å². The molecule has 0 aromatic heterocycles. The molecule has 4 bridgehead atoms. The van der Waals surface area contributed by atoms with Crippen molar-refractivity contribution in [2.24, 2.45) is 23.7 Å². The van der Waals surface area contributed by atoms with Crippen LogP contribution in [0, 0.1) is 23.7 Å². The zero-order chi connectivity index (χ0) is 14.9. The molecule has 118 valence electrons. The Kier molecular flexibility index (Phi) is 4.42. The lowest BCUT2D eigenvalue weighted by Crippen LogP contribution is -2.59. The van der Waals surface area contributed by atoms with Crippen molar-refractivity contribution in [3.05, 3.63) is 12.7 Å². The molecule has 0 aliphatic heterocycles. The molecule has 0 aromatic rings. The van der Waals surface area contributed by atoms with E-state index in [1.54, 1.807) is 0 Å². The molecule has 0 saturated heterocycles. The van der Waals surface area contributed by atoms with Gasteiger partial charge in [-0.1, -0.05) is 32.8 Å². The minimum atomic E-state index is -0.196. The molecule has 4 saturated carbocycles. The van der Waals surface area contributed by atoms with Gasteiger partial charge in [0.25, 0.3) is 0 Å². The van der Waals surface area contributed by atoms with E-state index in [0.717, 1.165) is 18.3 Å². The second-order valence-corrected chi connectivity index (χ2v) is 7.70. The van der Waals surface area contributed by atoms with Crippen LogP contribution in [0.25, 0.3) is 0 Å². The van der Waals surface area contributed by atoms with Crippen LogP contribution in [-0.4, -0.2) is 11.6 Å². The number of hydrogen-bond acceptors (Lipinski definition) is 2. The summed E-state index contributed by atoms with van der Waals surface area (Å²) in [7, 11) is 0. The molecule has 0 atom stereocenters. The molecule has 0 amide bonds. The van der Waals surface area contributed by atoms with E-state index in [4.69, 9.17) is 4.74 Å². The van der Waals surface area contributed by atoms with E-state index in [2.05, 4.69) is 13.5 Å². The monoisotopic (exact) mass is 290 g/mol. The summed E-state index contributed by atoms with van der Waals surface area (Å²) in [6.45, 7) is 5.86. The van der Waals surface area contributed by atoms with Crippen molar-refractivity contribution in [2.45, 2.75) is 76.7 Å². The summed E-state index contributed by atoms with van der Waals surface area (Å²) in [5.41, 5.74) is -0.146. The second kappa shape index (κ2) is 6.14. The summed E-state index contributed by atoms with van der Waals surface area (Å²) in [6, 6.07) is 0. The highest BCUT2D eigenvalue weighted by Gasteiger charge is 2.58. The molecule has 4 aliphatic rings. The van der Waals surface area contributed by atoms with Crippen LogP contribution in [0.15, 0.2) is 12.7 Å². The van der Waals surface area contributed by atoms with Gasteiger partial charge in [0, 0.05) is 6.08 Å². The van der Waals surface area contributed by atoms with Gasteiger partial charge in [0.2, 0.25) is 0 Å². The minimum absolute atomic E-state index is 0.146. The number of carbonyl (C=O) groups excluding carboxylic acids is 1. The quantitative estimate of drug-likeness (QED) is 0.379. The van der Waals surface area contributed by atoms with E-state index >= 15 is 0 Å². The third-order valence-corrected chi connectivity index (χ3v) is 6.40. The average molecular weight is 290 g/mol. The van der Waals surface area contributed by atoms with Crippen LogP contribution >= 0.6 is 0 Å². The van der Waals surface area contributed by atoms with Crippen molar-refractivity contribution >= 4 is 5.97 Å². The largest absolute Gasteiger partial charge is 0.455 e. The number of hydrogen-bond donors (Lipinski definition) is 0. The van der Waals surface area contributed by atoms with Gasteiger partial charge < -0.3 is 4.74 Å². The molecule has 0 spiro atoms. The van der Waals surface area contributed by atoms with E-state index in [0.29, 0.717) is 11.8 Å². The molecule has 0 unspecified atom stereocenters. The van der Waals surface area contributed by atoms with E-state index in [1.165, 1.54) is 63.9 Å². The van der Waals surface area contributed by atoms with Gasteiger partial charge in [0.1, 0.15) is 5.60 Å². The summed E-state index contributed by atoms with van der Waals surface area (Å²) in [4.78, 5) is 12.0. The fraction of sp³-hybridized carbons (Fsp3) is 0.842. The summed E-state index contributed by atoms with van der Waals surface area (Å²) >= 11 is 0. The highest BCUT2D eigenvalue weighted by molar-refractivity contribution is 5.81. The highest BCUT2D eigenvalue weighted by Crippen LogP contribution is 2.61. The van der Waals surface area contributed by atoms with Crippen molar-refractivity contribution < 1.29 is 9.53 Å². The van der Waals surface area contributed by atoms with Gasteiger partial charge in [0.05, 0.1) is 0 Å². The Bertz CT molecular complexity index is 370.